The lowest BCUT2D eigenvalue weighted by Gasteiger charge is -2.16. The third-order valence-corrected chi connectivity index (χ3v) is 2.63. The van der Waals surface area contributed by atoms with Crippen molar-refractivity contribution >= 4 is 5.69 Å². The minimum atomic E-state index is 0.985. The maximum atomic E-state index is 5.36. The summed E-state index contributed by atoms with van der Waals surface area (Å²) in [6.07, 6.45) is 6.52. The van der Waals surface area contributed by atoms with Crippen molar-refractivity contribution in [3.05, 3.63) is 29.3 Å². The fourth-order valence-corrected chi connectivity index (χ4v) is 1.86. The number of hydrogen-bond acceptors (Lipinski definition) is 1. The smallest absolute Gasteiger partial charge is 0.0411 e. The van der Waals surface area contributed by atoms with E-state index in [-0.39, 0.29) is 0 Å². The standard InChI is InChI=1S/C12H13N/c1-3-10-5-6-11-7-8-13(4-2)12(11)9-10/h1,5-6,9H,4,7-8H2,2H3. The van der Waals surface area contributed by atoms with Crippen LogP contribution >= 0.6 is 0 Å². The summed E-state index contributed by atoms with van der Waals surface area (Å²) in [6.45, 7) is 4.39. The van der Waals surface area contributed by atoms with Gasteiger partial charge in [-0.05, 0) is 31.0 Å². The average Bonchev–Trinajstić information content (AvgIpc) is 2.59. The number of nitrogens with zero attached hydrogens (tertiary/aromatic N) is 1. The molecule has 2 rings (SSSR count). The van der Waals surface area contributed by atoms with Crippen molar-refractivity contribution in [3.63, 3.8) is 0 Å². The highest BCUT2D eigenvalue weighted by molar-refractivity contribution is 5.61. The first kappa shape index (κ1) is 8.19. The van der Waals surface area contributed by atoms with Crippen molar-refractivity contribution in [1.29, 1.82) is 0 Å². The normalized spacial score (nSPS) is 14.0. The summed E-state index contributed by atoms with van der Waals surface area (Å²) in [6, 6.07) is 6.30. The molecule has 0 radical (unpaired) electrons. The van der Waals surface area contributed by atoms with Crippen molar-refractivity contribution < 1.29 is 0 Å². The van der Waals surface area contributed by atoms with Gasteiger partial charge in [-0.25, -0.2) is 0 Å². The number of rotatable bonds is 1. The molecule has 13 heavy (non-hydrogen) atoms. The number of terminal acetylenes is 1. The molecule has 1 aromatic rings. The zero-order valence-corrected chi connectivity index (χ0v) is 7.88. The minimum Gasteiger partial charge on any atom is -0.371 e. The van der Waals surface area contributed by atoms with Crippen LogP contribution in [0.1, 0.15) is 18.1 Å². The topological polar surface area (TPSA) is 3.24 Å². The average molecular weight is 171 g/mol. The van der Waals surface area contributed by atoms with E-state index in [0.29, 0.717) is 0 Å². The molecule has 0 aliphatic carbocycles. The number of anilines is 1. The molecule has 1 heteroatoms. The zero-order valence-electron chi connectivity index (χ0n) is 7.88. The second kappa shape index (κ2) is 3.14. The van der Waals surface area contributed by atoms with E-state index in [0.717, 1.165) is 25.1 Å². The highest BCUT2D eigenvalue weighted by Gasteiger charge is 2.16. The first-order valence-corrected chi connectivity index (χ1v) is 4.69. The van der Waals surface area contributed by atoms with Crippen LogP contribution in [0.2, 0.25) is 0 Å². The molecule has 0 atom stereocenters. The second-order valence-corrected chi connectivity index (χ2v) is 3.32. The summed E-state index contributed by atoms with van der Waals surface area (Å²) >= 11 is 0. The van der Waals surface area contributed by atoms with E-state index in [9.17, 15) is 0 Å². The molecule has 0 fully saturated rings. The van der Waals surface area contributed by atoms with Gasteiger partial charge in [0.2, 0.25) is 0 Å². The van der Waals surface area contributed by atoms with Gasteiger partial charge in [-0.1, -0.05) is 12.0 Å². The molecular weight excluding hydrogens is 158 g/mol. The fourth-order valence-electron chi connectivity index (χ4n) is 1.86. The predicted octanol–water partition coefficient (Wildman–Crippen LogP) is 2.05. The molecule has 1 heterocycles. The quantitative estimate of drug-likeness (QED) is 0.584. The van der Waals surface area contributed by atoms with Crippen LogP contribution in [0.5, 0.6) is 0 Å². The van der Waals surface area contributed by atoms with Gasteiger partial charge in [-0.3, -0.25) is 0 Å². The Morgan fingerprint density at radius 2 is 2.38 bits per heavy atom. The largest absolute Gasteiger partial charge is 0.371 e. The third kappa shape index (κ3) is 1.29. The minimum absolute atomic E-state index is 0.985. The number of benzene rings is 1. The molecule has 1 nitrogen and oxygen atoms in total. The van der Waals surface area contributed by atoms with Crippen LogP contribution in [-0.2, 0) is 6.42 Å². The van der Waals surface area contributed by atoms with Gasteiger partial charge in [0.25, 0.3) is 0 Å². The molecule has 0 unspecified atom stereocenters. The Labute approximate surface area is 79.4 Å². The van der Waals surface area contributed by atoms with Gasteiger partial charge in [-0.2, -0.15) is 0 Å². The molecule has 0 amide bonds. The van der Waals surface area contributed by atoms with E-state index in [4.69, 9.17) is 6.42 Å². The highest BCUT2D eigenvalue weighted by atomic mass is 15.1. The van der Waals surface area contributed by atoms with Crippen LogP contribution in [0.15, 0.2) is 18.2 Å². The molecule has 1 aliphatic rings. The molecule has 0 saturated heterocycles. The maximum Gasteiger partial charge on any atom is 0.0411 e. The van der Waals surface area contributed by atoms with E-state index in [1.165, 1.54) is 11.3 Å². The molecular formula is C12H13N. The van der Waals surface area contributed by atoms with Gasteiger partial charge >= 0.3 is 0 Å². The van der Waals surface area contributed by atoms with Crippen LogP contribution < -0.4 is 4.90 Å². The van der Waals surface area contributed by atoms with Crippen LogP contribution in [0.4, 0.5) is 5.69 Å². The van der Waals surface area contributed by atoms with Crippen molar-refractivity contribution in [1.82, 2.24) is 0 Å². The Balaban J connectivity index is 2.44. The molecule has 0 bridgehead atoms. The molecule has 66 valence electrons. The van der Waals surface area contributed by atoms with Crippen LogP contribution in [0, 0.1) is 12.3 Å². The van der Waals surface area contributed by atoms with E-state index in [1.807, 2.05) is 6.07 Å². The molecule has 0 aromatic heterocycles. The Hall–Kier alpha value is -1.42. The van der Waals surface area contributed by atoms with Gasteiger partial charge in [0.15, 0.2) is 0 Å². The maximum absolute atomic E-state index is 5.36. The lowest BCUT2D eigenvalue weighted by molar-refractivity contribution is 0.868. The number of fused-ring (bicyclic) bond motifs is 1. The highest BCUT2D eigenvalue weighted by Crippen LogP contribution is 2.28. The SMILES string of the molecule is C#Cc1ccc2c(c1)N(CC)CC2. The van der Waals surface area contributed by atoms with Gasteiger partial charge in [-0.15, -0.1) is 6.42 Å². The third-order valence-electron chi connectivity index (χ3n) is 2.63. The van der Waals surface area contributed by atoms with Gasteiger partial charge in [0.1, 0.15) is 0 Å². The molecule has 0 spiro atoms. The Morgan fingerprint density at radius 1 is 1.54 bits per heavy atom. The summed E-state index contributed by atoms with van der Waals surface area (Å²) in [4.78, 5) is 2.37. The predicted molar refractivity (Wildman–Crippen MR) is 56.0 cm³/mol. The summed E-state index contributed by atoms with van der Waals surface area (Å²) < 4.78 is 0. The molecule has 0 N–H and O–H groups in total. The van der Waals surface area contributed by atoms with E-state index in [1.54, 1.807) is 0 Å². The van der Waals surface area contributed by atoms with E-state index < -0.39 is 0 Å². The number of likely N-dealkylation sites (N-methyl/N-ethyl adjacent to an activating group) is 1. The Bertz CT molecular complexity index is 360. The van der Waals surface area contributed by atoms with Crippen molar-refractivity contribution in [2.24, 2.45) is 0 Å². The zero-order chi connectivity index (χ0) is 9.26. The first-order valence-electron chi connectivity index (χ1n) is 4.69. The van der Waals surface area contributed by atoms with Gasteiger partial charge in [0.05, 0.1) is 0 Å². The second-order valence-electron chi connectivity index (χ2n) is 3.32. The van der Waals surface area contributed by atoms with Crippen molar-refractivity contribution in [2.75, 3.05) is 18.0 Å². The van der Waals surface area contributed by atoms with Gasteiger partial charge < -0.3 is 4.90 Å². The molecule has 1 aromatic carbocycles. The molecule has 0 saturated carbocycles. The summed E-state index contributed by atoms with van der Waals surface area (Å²) in [7, 11) is 0. The Kier molecular flexibility index (Phi) is 1.98. The van der Waals surface area contributed by atoms with Crippen molar-refractivity contribution in [3.8, 4) is 12.3 Å². The van der Waals surface area contributed by atoms with Crippen LogP contribution in [0.25, 0.3) is 0 Å². The Morgan fingerprint density at radius 3 is 3.08 bits per heavy atom. The summed E-state index contributed by atoms with van der Waals surface area (Å²) in [5.74, 6) is 2.67. The van der Waals surface area contributed by atoms with Crippen LogP contribution in [0.3, 0.4) is 0 Å². The van der Waals surface area contributed by atoms with Crippen LogP contribution in [-0.4, -0.2) is 13.1 Å². The first-order chi connectivity index (χ1) is 6.35. The lowest BCUT2D eigenvalue weighted by Crippen LogP contribution is -2.19. The summed E-state index contributed by atoms with van der Waals surface area (Å²) in [5, 5.41) is 0. The molecule has 1 aliphatic heterocycles. The van der Waals surface area contributed by atoms with E-state index in [2.05, 4.69) is 29.9 Å². The lowest BCUT2D eigenvalue weighted by atomic mass is 10.1. The summed E-state index contributed by atoms with van der Waals surface area (Å²) in [5.41, 5.74) is 3.75. The fraction of sp³-hybridized carbons (Fsp3) is 0.333. The monoisotopic (exact) mass is 171 g/mol. The number of hydrogen-bond donors (Lipinski definition) is 0. The van der Waals surface area contributed by atoms with E-state index >= 15 is 0 Å². The van der Waals surface area contributed by atoms with Gasteiger partial charge in [0, 0.05) is 24.3 Å². The van der Waals surface area contributed by atoms with Crippen molar-refractivity contribution in [2.45, 2.75) is 13.3 Å².